The third-order valence-corrected chi connectivity index (χ3v) is 3.27. The molecule has 0 unspecified atom stereocenters. The Kier molecular flexibility index (Phi) is 3.97. The lowest BCUT2D eigenvalue weighted by Gasteiger charge is -2.06. The summed E-state index contributed by atoms with van der Waals surface area (Å²) in [5.74, 6) is 1.42. The van der Waals surface area contributed by atoms with Gasteiger partial charge in [-0.2, -0.15) is 0 Å². The second-order valence-corrected chi connectivity index (χ2v) is 4.96. The average molecular weight is 289 g/mol. The number of pyridine rings is 1. The number of carbonyl (C=O) groups excluding carboxylic acids is 1. The van der Waals surface area contributed by atoms with Gasteiger partial charge in [-0.3, -0.25) is 9.78 Å². The van der Waals surface area contributed by atoms with E-state index in [0.717, 1.165) is 11.4 Å². The molecule has 3 heteroatoms. The van der Waals surface area contributed by atoms with Crippen molar-refractivity contribution in [1.29, 1.82) is 0 Å². The number of rotatable bonds is 4. The van der Waals surface area contributed by atoms with Crippen LogP contribution < -0.4 is 4.74 Å². The molecular weight excluding hydrogens is 274 g/mol. The van der Waals surface area contributed by atoms with E-state index in [4.69, 9.17) is 4.74 Å². The van der Waals surface area contributed by atoms with E-state index in [0.29, 0.717) is 16.9 Å². The predicted molar refractivity (Wildman–Crippen MR) is 85.4 cm³/mol. The van der Waals surface area contributed by atoms with Crippen LogP contribution in [0.4, 0.5) is 0 Å². The molecule has 0 spiro atoms. The fourth-order valence-electron chi connectivity index (χ4n) is 2.07. The van der Waals surface area contributed by atoms with Gasteiger partial charge >= 0.3 is 0 Å². The molecule has 0 atom stereocenters. The lowest BCUT2D eigenvalue weighted by Crippen LogP contribution is -2.02. The Balaban J connectivity index is 1.76. The molecule has 0 saturated carbocycles. The molecule has 0 saturated heterocycles. The van der Waals surface area contributed by atoms with Gasteiger partial charge < -0.3 is 4.74 Å². The molecule has 1 aromatic heterocycles. The minimum absolute atomic E-state index is 0.0428. The summed E-state index contributed by atoms with van der Waals surface area (Å²) in [6, 6.07) is 20.3. The van der Waals surface area contributed by atoms with Crippen LogP contribution >= 0.6 is 0 Å². The molecule has 3 nitrogen and oxygen atoms in total. The smallest absolute Gasteiger partial charge is 0.194 e. The molecule has 0 amide bonds. The SMILES string of the molecule is Cc1ccc(C(=O)c2ccc(Oc3ccccc3)cc2)cn1. The number of aromatic nitrogens is 1. The molecule has 0 aliphatic carbocycles. The quantitative estimate of drug-likeness (QED) is 0.668. The monoisotopic (exact) mass is 289 g/mol. The molecule has 0 fully saturated rings. The van der Waals surface area contributed by atoms with Gasteiger partial charge in [-0.05, 0) is 55.5 Å². The molecule has 3 rings (SSSR count). The van der Waals surface area contributed by atoms with Crippen LogP contribution in [0.1, 0.15) is 21.6 Å². The topological polar surface area (TPSA) is 39.2 Å². The van der Waals surface area contributed by atoms with Crippen molar-refractivity contribution in [1.82, 2.24) is 4.98 Å². The first-order valence-electron chi connectivity index (χ1n) is 7.03. The highest BCUT2D eigenvalue weighted by molar-refractivity contribution is 6.08. The highest BCUT2D eigenvalue weighted by Gasteiger charge is 2.09. The van der Waals surface area contributed by atoms with Crippen LogP contribution in [0.2, 0.25) is 0 Å². The summed E-state index contributed by atoms with van der Waals surface area (Å²) >= 11 is 0. The van der Waals surface area contributed by atoms with E-state index in [1.165, 1.54) is 0 Å². The Hall–Kier alpha value is -2.94. The van der Waals surface area contributed by atoms with E-state index in [1.54, 1.807) is 36.5 Å². The lowest BCUT2D eigenvalue weighted by atomic mass is 10.0. The van der Waals surface area contributed by atoms with Gasteiger partial charge in [0.25, 0.3) is 0 Å². The number of hydrogen-bond donors (Lipinski definition) is 0. The van der Waals surface area contributed by atoms with Crippen molar-refractivity contribution >= 4 is 5.78 Å². The number of hydrogen-bond acceptors (Lipinski definition) is 3. The molecule has 1 heterocycles. The normalized spacial score (nSPS) is 10.2. The van der Waals surface area contributed by atoms with Crippen molar-refractivity contribution in [2.45, 2.75) is 6.92 Å². The first-order chi connectivity index (χ1) is 10.7. The second-order valence-electron chi connectivity index (χ2n) is 4.96. The summed E-state index contributed by atoms with van der Waals surface area (Å²) in [5.41, 5.74) is 2.09. The zero-order valence-electron chi connectivity index (χ0n) is 12.2. The summed E-state index contributed by atoms with van der Waals surface area (Å²) in [4.78, 5) is 16.5. The molecule has 108 valence electrons. The Morgan fingerprint density at radius 3 is 2.09 bits per heavy atom. The first-order valence-corrected chi connectivity index (χ1v) is 7.03. The molecular formula is C19H15NO2. The Morgan fingerprint density at radius 1 is 0.818 bits per heavy atom. The zero-order chi connectivity index (χ0) is 15.4. The van der Waals surface area contributed by atoms with Gasteiger partial charge in [0.2, 0.25) is 0 Å². The zero-order valence-corrected chi connectivity index (χ0v) is 12.2. The van der Waals surface area contributed by atoms with Crippen LogP contribution in [0.15, 0.2) is 72.9 Å². The van der Waals surface area contributed by atoms with Crippen LogP contribution in [0.5, 0.6) is 11.5 Å². The van der Waals surface area contributed by atoms with Gasteiger partial charge in [-0.15, -0.1) is 0 Å². The first kappa shape index (κ1) is 14.0. The largest absolute Gasteiger partial charge is 0.457 e. The number of carbonyl (C=O) groups is 1. The van der Waals surface area contributed by atoms with Crippen LogP contribution in [0.3, 0.4) is 0 Å². The second kappa shape index (κ2) is 6.22. The lowest BCUT2D eigenvalue weighted by molar-refractivity contribution is 0.103. The van der Waals surface area contributed by atoms with Crippen LogP contribution in [-0.2, 0) is 0 Å². The molecule has 0 aliphatic heterocycles. The van der Waals surface area contributed by atoms with Gasteiger partial charge in [-0.1, -0.05) is 18.2 Å². The van der Waals surface area contributed by atoms with E-state index in [9.17, 15) is 4.79 Å². The number of benzene rings is 2. The Labute approximate surface area is 129 Å². The maximum Gasteiger partial charge on any atom is 0.194 e. The maximum absolute atomic E-state index is 12.3. The summed E-state index contributed by atoms with van der Waals surface area (Å²) in [6.07, 6.45) is 1.60. The third kappa shape index (κ3) is 3.20. The average Bonchev–Trinajstić information content (AvgIpc) is 2.57. The summed E-state index contributed by atoms with van der Waals surface area (Å²) in [5, 5.41) is 0. The highest BCUT2D eigenvalue weighted by Crippen LogP contribution is 2.22. The molecule has 0 N–H and O–H groups in total. The van der Waals surface area contributed by atoms with Crippen molar-refractivity contribution in [3.8, 4) is 11.5 Å². The van der Waals surface area contributed by atoms with Crippen LogP contribution in [0, 0.1) is 6.92 Å². The van der Waals surface area contributed by atoms with Gasteiger partial charge in [0.1, 0.15) is 11.5 Å². The molecule has 3 aromatic rings. The summed E-state index contributed by atoms with van der Waals surface area (Å²) in [7, 11) is 0. The number of ether oxygens (including phenoxy) is 1. The molecule has 0 aliphatic rings. The number of aryl methyl sites for hydroxylation is 1. The Morgan fingerprint density at radius 2 is 1.45 bits per heavy atom. The maximum atomic E-state index is 12.3. The van der Waals surface area contributed by atoms with E-state index in [2.05, 4.69) is 4.98 Å². The Bertz CT molecular complexity index is 763. The van der Waals surface area contributed by atoms with Gasteiger partial charge in [0.15, 0.2) is 5.78 Å². The third-order valence-electron chi connectivity index (χ3n) is 3.27. The van der Waals surface area contributed by atoms with Gasteiger partial charge in [-0.25, -0.2) is 0 Å². The number of ketones is 1. The van der Waals surface area contributed by atoms with E-state index in [1.807, 2.05) is 43.3 Å². The van der Waals surface area contributed by atoms with Gasteiger partial charge in [0, 0.05) is 23.0 Å². The minimum Gasteiger partial charge on any atom is -0.457 e. The van der Waals surface area contributed by atoms with E-state index >= 15 is 0 Å². The van der Waals surface area contributed by atoms with Crippen molar-refractivity contribution in [3.63, 3.8) is 0 Å². The fraction of sp³-hybridized carbons (Fsp3) is 0.0526. The van der Waals surface area contributed by atoms with Crippen molar-refractivity contribution in [3.05, 3.63) is 89.7 Å². The van der Waals surface area contributed by atoms with Crippen LogP contribution in [-0.4, -0.2) is 10.8 Å². The molecule has 2 aromatic carbocycles. The number of nitrogens with zero attached hydrogens (tertiary/aromatic N) is 1. The molecule has 0 radical (unpaired) electrons. The van der Waals surface area contributed by atoms with Crippen molar-refractivity contribution in [2.75, 3.05) is 0 Å². The highest BCUT2D eigenvalue weighted by atomic mass is 16.5. The predicted octanol–water partition coefficient (Wildman–Crippen LogP) is 4.41. The van der Waals surface area contributed by atoms with E-state index in [-0.39, 0.29) is 5.78 Å². The summed E-state index contributed by atoms with van der Waals surface area (Å²) < 4.78 is 5.71. The van der Waals surface area contributed by atoms with E-state index < -0.39 is 0 Å². The summed E-state index contributed by atoms with van der Waals surface area (Å²) in [6.45, 7) is 1.89. The number of para-hydroxylation sites is 1. The van der Waals surface area contributed by atoms with Crippen LogP contribution in [0.25, 0.3) is 0 Å². The minimum atomic E-state index is -0.0428. The standard InChI is InChI=1S/C19H15NO2/c1-14-7-8-16(13-20-14)19(21)15-9-11-18(12-10-15)22-17-5-3-2-4-6-17/h2-13H,1H3. The van der Waals surface area contributed by atoms with Crippen molar-refractivity contribution < 1.29 is 9.53 Å². The van der Waals surface area contributed by atoms with Crippen molar-refractivity contribution in [2.24, 2.45) is 0 Å². The molecule has 0 bridgehead atoms. The fourth-order valence-corrected chi connectivity index (χ4v) is 2.07. The van der Waals surface area contributed by atoms with Gasteiger partial charge in [0.05, 0.1) is 0 Å². The molecule has 22 heavy (non-hydrogen) atoms.